The molecule has 0 radical (unpaired) electrons. The zero-order valence-corrected chi connectivity index (χ0v) is 15.4. The molecule has 0 bridgehead atoms. The van der Waals surface area contributed by atoms with Crippen LogP contribution in [0.5, 0.6) is 0 Å². The fraction of sp³-hybridized carbons (Fsp3) is 0.706. The van der Waals surface area contributed by atoms with E-state index in [0.717, 1.165) is 44.0 Å². The number of ether oxygens (including phenoxy) is 1. The van der Waals surface area contributed by atoms with Gasteiger partial charge in [0.1, 0.15) is 12.2 Å². The van der Waals surface area contributed by atoms with Crippen molar-refractivity contribution in [2.75, 3.05) is 13.7 Å². The molecule has 3 heterocycles. The van der Waals surface area contributed by atoms with Crippen molar-refractivity contribution in [3.05, 3.63) is 29.1 Å². The van der Waals surface area contributed by atoms with Gasteiger partial charge in [-0.15, -0.1) is 10.2 Å². The number of methoxy groups -OCH3 is 1. The summed E-state index contributed by atoms with van der Waals surface area (Å²) in [7, 11) is 3.79. The molecular formula is C17H28N6O. The Balaban J connectivity index is 1.86. The van der Waals surface area contributed by atoms with Gasteiger partial charge in [-0.2, -0.15) is 5.10 Å². The molecule has 1 fully saturated rings. The molecule has 1 aliphatic heterocycles. The first-order valence-corrected chi connectivity index (χ1v) is 8.68. The molecule has 132 valence electrons. The van der Waals surface area contributed by atoms with Crippen LogP contribution in [0.4, 0.5) is 0 Å². The van der Waals surface area contributed by atoms with Crippen LogP contribution in [-0.2, 0) is 24.9 Å². The van der Waals surface area contributed by atoms with E-state index >= 15 is 0 Å². The van der Waals surface area contributed by atoms with Gasteiger partial charge in [0.2, 0.25) is 0 Å². The Labute approximate surface area is 143 Å². The Kier molecular flexibility index (Phi) is 5.01. The maximum atomic E-state index is 5.63. The van der Waals surface area contributed by atoms with Crippen molar-refractivity contribution in [2.24, 2.45) is 7.05 Å². The first kappa shape index (κ1) is 17.1. The van der Waals surface area contributed by atoms with Crippen molar-refractivity contribution in [3.8, 4) is 0 Å². The van der Waals surface area contributed by atoms with Crippen molar-refractivity contribution in [2.45, 2.75) is 58.8 Å². The fourth-order valence-electron chi connectivity index (χ4n) is 3.66. The summed E-state index contributed by atoms with van der Waals surface area (Å²) in [6.07, 6.45) is 4.05. The van der Waals surface area contributed by atoms with Crippen LogP contribution in [-0.4, -0.2) is 49.2 Å². The minimum Gasteiger partial charge on any atom is -0.380 e. The van der Waals surface area contributed by atoms with E-state index in [1.54, 1.807) is 13.4 Å². The standard InChI is InChI=1S/C17H28N6O/c1-6-7-23-13(3)15(12(2)20-23)10-22-9-14(24-5)8-16(22)17-19-18-11-21(17)4/h11,14,16H,6-10H2,1-5H3/t14-,16+/m1/s1. The Morgan fingerprint density at radius 2 is 2.12 bits per heavy atom. The van der Waals surface area contributed by atoms with Crippen molar-refractivity contribution in [1.29, 1.82) is 0 Å². The highest BCUT2D eigenvalue weighted by molar-refractivity contribution is 5.25. The molecule has 0 aliphatic carbocycles. The number of hydrogen-bond acceptors (Lipinski definition) is 5. The fourth-order valence-corrected chi connectivity index (χ4v) is 3.66. The zero-order valence-electron chi connectivity index (χ0n) is 15.4. The van der Waals surface area contributed by atoms with Gasteiger partial charge in [0.25, 0.3) is 0 Å². The Morgan fingerprint density at radius 3 is 2.75 bits per heavy atom. The molecule has 7 nitrogen and oxygen atoms in total. The van der Waals surface area contributed by atoms with Crippen LogP contribution in [0.1, 0.15) is 48.6 Å². The summed E-state index contributed by atoms with van der Waals surface area (Å²) in [5.74, 6) is 1.01. The molecule has 2 aromatic rings. The van der Waals surface area contributed by atoms with Gasteiger partial charge >= 0.3 is 0 Å². The van der Waals surface area contributed by atoms with Crippen LogP contribution in [0.2, 0.25) is 0 Å². The van der Waals surface area contributed by atoms with E-state index in [1.807, 2.05) is 11.6 Å². The van der Waals surface area contributed by atoms with E-state index in [4.69, 9.17) is 9.84 Å². The highest BCUT2D eigenvalue weighted by Crippen LogP contribution is 2.34. The average molecular weight is 332 g/mol. The predicted octanol–water partition coefficient (Wildman–Crippen LogP) is 2.00. The largest absolute Gasteiger partial charge is 0.380 e. The summed E-state index contributed by atoms with van der Waals surface area (Å²) in [4.78, 5) is 2.45. The van der Waals surface area contributed by atoms with Gasteiger partial charge in [-0.1, -0.05) is 6.92 Å². The van der Waals surface area contributed by atoms with Crippen molar-refractivity contribution in [3.63, 3.8) is 0 Å². The lowest BCUT2D eigenvalue weighted by Gasteiger charge is -2.23. The average Bonchev–Trinajstić information content (AvgIpc) is 3.22. The maximum absolute atomic E-state index is 5.63. The van der Waals surface area contributed by atoms with Crippen LogP contribution in [0.25, 0.3) is 0 Å². The van der Waals surface area contributed by atoms with Crippen molar-refractivity contribution < 1.29 is 4.74 Å². The Bertz CT molecular complexity index is 691. The number of rotatable bonds is 6. The first-order chi connectivity index (χ1) is 11.5. The van der Waals surface area contributed by atoms with Gasteiger partial charge in [-0.3, -0.25) is 9.58 Å². The smallest absolute Gasteiger partial charge is 0.150 e. The van der Waals surface area contributed by atoms with Crippen LogP contribution >= 0.6 is 0 Å². The minimum atomic E-state index is 0.232. The molecule has 24 heavy (non-hydrogen) atoms. The van der Waals surface area contributed by atoms with Gasteiger partial charge in [-0.05, 0) is 26.7 Å². The number of likely N-dealkylation sites (tertiary alicyclic amines) is 1. The van der Waals surface area contributed by atoms with Crippen LogP contribution in [0, 0.1) is 13.8 Å². The monoisotopic (exact) mass is 332 g/mol. The predicted molar refractivity (Wildman–Crippen MR) is 91.6 cm³/mol. The Hall–Kier alpha value is -1.73. The molecule has 0 N–H and O–H groups in total. The summed E-state index contributed by atoms with van der Waals surface area (Å²) < 4.78 is 9.77. The van der Waals surface area contributed by atoms with Crippen molar-refractivity contribution in [1.82, 2.24) is 29.4 Å². The molecule has 1 aliphatic rings. The second-order valence-electron chi connectivity index (χ2n) is 6.71. The van der Waals surface area contributed by atoms with Crippen LogP contribution in [0.15, 0.2) is 6.33 Å². The number of hydrogen-bond donors (Lipinski definition) is 0. The molecule has 2 atom stereocenters. The molecule has 0 saturated carbocycles. The van der Waals surface area contributed by atoms with Gasteiger partial charge in [-0.25, -0.2) is 0 Å². The molecule has 0 aromatic carbocycles. The van der Waals surface area contributed by atoms with Gasteiger partial charge in [0, 0.05) is 45.0 Å². The highest BCUT2D eigenvalue weighted by atomic mass is 16.5. The second kappa shape index (κ2) is 7.03. The molecule has 0 spiro atoms. The summed E-state index contributed by atoms with van der Waals surface area (Å²) in [5.41, 5.74) is 3.72. The normalized spacial score (nSPS) is 21.7. The minimum absolute atomic E-state index is 0.232. The van der Waals surface area contributed by atoms with Crippen molar-refractivity contribution >= 4 is 0 Å². The number of aryl methyl sites for hydroxylation is 3. The summed E-state index contributed by atoms with van der Waals surface area (Å²) >= 11 is 0. The van der Waals surface area contributed by atoms with E-state index in [9.17, 15) is 0 Å². The third-order valence-corrected chi connectivity index (χ3v) is 5.07. The van der Waals surface area contributed by atoms with Crippen LogP contribution in [0.3, 0.4) is 0 Å². The molecule has 0 amide bonds. The third-order valence-electron chi connectivity index (χ3n) is 5.07. The third kappa shape index (κ3) is 3.10. The lowest BCUT2D eigenvalue weighted by molar-refractivity contribution is 0.107. The van der Waals surface area contributed by atoms with E-state index in [1.165, 1.54) is 11.3 Å². The van der Waals surface area contributed by atoms with Gasteiger partial charge in [0.05, 0.1) is 17.8 Å². The molecule has 1 saturated heterocycles. The first-order valence-electron chi connectivity index (χ1n) is 8.68. The Morgan fingerprint density at radius 1 is 1.33 bits per heavy atom. The summed E-state index contributed by atoms with van der Waals surface area (Å²) in [6.45, 7) is 9.22. The van der Waals surface area contributed by atoms with Crippen LogP contribution < -0.4 is 0 Å². The molecule has 3 rings (SSSR count). The van der Waals surface area contributed by atoms with E-state index in [-0.39, 0.29) is 12.1 Å². The zero-order chi connectivity index (χ0) is 17.3. The van der Waals surface area contributed by atoms with E-state index in [2.05, 4.69) is 40.6 Å². The second-order valence-corrected chi connectivity index (χ2v) is 6.71. The quantitative estimate of drug-likeness (QED) is 0.810. The topological polar surface area (TPSA) is 61.0 Å². The maximum Gasteiger partial charge on any atom is 0.150 e. The van der Waals surface area contributed by atoms with Gasteiger partial charge < -0.3 is 9.30 Å². The SMILES string of the molecule is CCCn1nc(C)c(CN2C[C@H](OC)C[C@H]2c2nncn2C)c1C. The van der Waals surface area contributed by atoms with Gasteiger partial charge in [0.15, 0.2) is 0 Å². The number of aromatic nitrogens is 5. The molecular weight excluding hydrogens is 304 g/mol. The molecule has 2 aromatic heterocycles. The van der Waals surface area contributed by atoms with E-state index in [0.29, 0.717) is 0 Å². The van der Waals surface area contributed by atoms with E-state index < -0.39 is 0 Å². The molecule has 7 heteroatoms. The lowest BCUT2D eigenvalue weighted by atomic mass is 10.1. The molecule has 0 unspecified atom stereocenters. The highest BCUT2D eigenvalue weighted by Gasteiger charge is 2.36. The number of nitrogens with zero attached hydrogens (tertiary/aromatic N) is 6. The summed E-state index contributed by atoms with van der Waals surface area (Å²) in [6, 6.07) is 0.232. The summed E-state index contributed by atoms with van der Waals surface area (Å²) in [5, 5.41) is 13.1. The lowest BCUT2D eigenvalue weighted by Crippen LogP contribution is -2.26.